The van der Waals surface area contributed by atoms with E-state index in [0.29, 0.717) is 36.9 Å². The van der Waals surface area contributed by atoms with Gasteiger partial charge in [0.15, 0.2) is 0 Å². The summed E-state index contributed by atoms with van der Waals surface area (Å²) in [5, 5.41) is 19.9. The molecule has 5 nitrogen and oxygen atoms in total. The fourth-order valence-corrected chi connectivity index (χ4v) is 5.48. The van der Waals surface area contributed by atoms with Gasteiger partial charge < -0.3 is 5.11 Å². The van der Waals surface area contributed by atoms with E-state index < -0.39 is 17.3 Å². The summed E-state index contributed by atoms with van der Waals surface area (Å²) < 4.78 is 14.5. The zero-order chi connectivity index (χ0) is 18.3. The normalized spacial score (nSPS) is 31.3. The summed E-state index contributed by atoms with van der Waals surface area (Å²) in [5.41, 5.74) is 2.45. The van der Waals surface area contributed by atoms with Crippen molar-refractivity contribution in [3.63, 3.8) is 0 Å². The molecular weight excluding hydrogens is 335 g/mol. The zero-order valence-electron chi connectivity index (χ0n) is 15.0. The van der Waals surface area contributed by atoms with Crippen LogP contribution in [0, 0.1) is 17.7 Å². The summed E-state index contributed by atoms with van der Waals surface area (Å²) in [6.07, 6.45) is 7.38. The number of halogens is 1. The zero-order valence-corrected chi connectivity index (χ0v) is 15.0. The number of hydrogen-bond donors (Lipinski definition) is 3. The Bertz CT molecular complexity index is 697. The number of rotatable bonds is 3. The molecule has 1 aromatic rings. The van der Waals surface area contributed by atoms with Crippen LogP contribution in [0.1, 0.15) is 60.0 Å². The molecule has 2 fully saturated rings. The summed E-state index contributed by atoms with van der Waals surface area (Å²) >= 11 is 0. The Balaban J connectivity index is 1.47. The van der Waals surface area contributed by atoms with Crippen LogP contribution in [0.3, 0.4) is 0 Å². The standard InChI is InChI=1S/C20H27FN2O3/c21-18-8-16(19(24)22-26)7-15-4-5-23(11-17(15)18)12-20(25)9-13-2-1-3-14(6-13)10-20/h7-8,13-14,25-26H,1-6,9-12H2,(H,22,24). The van der Waals surface area contributed by atoms with Crippen molar-refractivity contribution in [3.05, 3.63) is 34.6 Å². The molecule has 2 bridgehead atoms. The quantitative estimate of drug-likeness (QED) is 0.571. The van der Waals surface area contributed by atoms with Gasteiger partial charge >= 0.3 is 0 Å². The first-order chi connectivity index (χ1) is 12.5. The van der Waals surface area contributed by atoms with E-state index in [1.54, 1.807) is 11.5 Å². The Labute approximate surface area is 153 Å². The number of benzene rings is 1. The van der Waals surface area contributed by atoms with Crippen molar-refractivity contribution in [2.24, 2.45) is 11.8 Å². The van der Waals surface area contributed by atoms with Crippen LogP contribution in [0.5, 0.6) is 0 Å². The molecule has 3 N–H and O–H groups in total. The average Bonchev–Trinajstić information content (AvgIpc) is 2.60. The van der Waals surface area contributed by atoms with Crippen LogP contribution < -0.4 is 5.48 Å². The van der Waals surface area contributed by atoms with E-state index in [1.807, 2.05) is 0 Å². The van der Waals surface area contributed by atoms with Crippen molar-refractivity contribution in [1.29, 1.82) is 0 Å². The molecule has 1 amide bonds. The van der Waals surface area contributed by atoms with E-state index >= 15 is 0 Å². The van der Waals surface area contributed by atoms with Gasteiger partial charge in [-0.1, -0.05) is 19.3 Å². The average molecular weight is 362 g/mol. The van der Waals surface area contributed by atoms with E-state index in [4.69, 9.17) is 5.21 Å². The maximum Gasteiger partial charge on any atom is 0.274 e. The van der Waals surface area contributed by atoms with Gasteiger partial charge in [-0.3, -0.25) is 14.9 Å². The molecule has 142 valence electrons. The minimum atomic E-state index is -0.697. The Morgan fingerprint density at radius 1 is 1.31 bits per heavy atom. The smallest absolute Gasteiger partial charge is 0.274 e. The van der Waals surface area contributed by atoms with Gasteiger partial charge in [-0.05, 0) is 55.2 Å². The highest BCUT2D eigenvalue weighted by atomic mass is 19.1. The summed E-state index contributed by atoms with van der Waals surface area (Å²) in [5.74, 6) is 0.164. The summed E-state index contributed by atoms with van der Waals surface area (Å²) in [7, 11) is 0. The van der Waals surface area contributed by atoms with Gasteiger partial charge in [0.1, 0.15) is 5.82 Å². The third-order valence-corrected chi connectivity index (χ3v) is 6.48. The Kier molecular flexibility index (Phi) is 4.75. The van der Waals surface area contributed by atoms with Gasteiger partial charge in [-0.2, -0.15) is 0 Å². The van der Waals surface area contributed by atoms with Crippen molar-refractivity contribution < 1.29 is 19.5 Å². The second kappa shape index (κ2) is 6.91. The predicted octanol–water partition coefficient (Wildman–Crippen LogP) is 2.63. The highest BCUT2D eigenvalue weighted by molar-refractivity contribution is 5.93. The first-order valence-electron chi connectivity index (χ1n) is 9.66. The fourth-order valence-electron chi connectivity index (χ4n) is 5.48. The molecule has 2 aliphatic carbocycles. The van der Waals surface area contributed by atoms with E-state index in [9.17, 15) is 14.3 Å². The van der Waals surface area contributed by atoms with Crippen LogP contribution in [-0.4, -0.2) is 39.8 Å². The number of amides is 1. The molecule has 26 heavy (non-hydrogen) atoms. The summed E-state index contributed by atoms with van der Waals surface area (Å²) in [6.45, 7) is 1.80. The fraction of sp³-hybridized carbons (Fsp3) is 0.650. The van der Waals surface area contributed by atoms with Gasteiger partial charge in [0.05, 0.1) is 5.60 Å². The number of carbonyl (C=O) groups is 1. The van der Waals surface area contributed by atoms with Crippen molar-refractivity contribution >= 4 is 5.91 Å². The third-order valence-electron chi connectivity index (χ3n) is 6.48. The van der Waals surface area contributed by atoms with Crippen molar-refractivity contribution in [1.82, 2.24) is 10.4 Å². The van der Waals surface area contributed by atoms with Crippen LogP contribution >= 0.6 is 0 Å². The molecule has 2 unspecified atom stereocenters. The lowest BCUT2D eigenvalue weighted by atomic mass is 9.66. The highest BCUT2D eigenvalue weighted by Crippen LogP contribution is 2.45. The lowest BCUT2D eigenvalue weighted by Gasteiger charge is -2.46. The molecule has 4 rings (SSSR count). The lowest BCUT2D eigenvalue weighted by Crippen LogP contribution is -2.50. The van der Waals surface area contributed by atoms with Crippen LogP contribution in [0.4, 0.5) is 4.39 Å². The molecule has 2 saturated carbocycles. The number of β-amino-alcohol motifs (C(OH)–C–C–N with tert-alkyl or cyclic N) is 1. The number of fused-ring (bicyclic) bond motifs is 3. The van der Waals surface area contributed by atoms with Crippen LogP contribution in [-0.2, 0) is 13.0 Å². The van der Waals surface area contributed by atoms with E-state index in [2.05, 4.69) is 4.90 Å². The van der Waals surface area contributed by atoms with Crippen molar-refractivity contribution in [2.75, 3.05) is 13.1 Å². The molecule has 1 aliphatic heterocycles. The second-order valence-electron chi connectivity index (χ2n) is 8.53. The van der Waals surface area contributed by atoms with Crippen LogP contribution in [0.2, 0.25) is 0 Å². The van der Waals surface area contributed by atoms with Gasteiger partial charge in [0.25, 0.3) is 5.91 Å². The summed E-state index contributed by atoms with van der Waals surface area (Å²) in [6, 6.07) is 2.83. The molecular formula is C20H27FN2O3. The number of carbonyl (C=O) groups excluding carboxylic acids is 1. The molecule has 1 aromatic carbocycles. The number of hydrogen-bond acceptors (Lipinski definition) is 4. The molecule has 2 atom stereocenters. The topological polar surface area (TPSA) is 72.8 Å². The van der Waals surface area contributed by atoms with E-state index in [1.165, 1.54) is 31.7 Å². The second-order valence-corrected chi connectivity index (χ2v) is 8.53. The minimum absolute atomic E-state index is 0.135. The summed E-state index contributed by atoms with van der Waals surface area (Å²) in [4.78, 5) is 13.7. The predicted molar refractivity (Wildman–Crippen MR) is 94.3 cm³/mol. The number of aliphatic hydroxyl groups is 1. The Morgan fingerprint density at radius 2 is 2.04 bits per heavy atom. The number of hydroxylamine groups is 1. The van der Waals surface area contributed by atoms with Crippen molar-refractivity contribution in [3.8, 4) is 0 Å². The Hall–Kier alpha value is -1.50. The van der Waals surface area contributed by atoms with Crippen molar-refractivity contribution in [2.45, 2.75) is 57.1 Å². The number of nitrogens with one attached hydrogen (secondary N) is 1. The monoisotopic (exact) mass is 362 g/mol. The first kappa shape index (κ1) is 17.9. The Morgan fingerprint density at radius 3 is 2.73 bits per heavy atom. The molecule has 0 radical (unpaired) electrons. The molecule has 0 aromatic heterocycles. The highest BCUT2D eigenvalue weighted by Gasteiger charge is 2.42. The molecule has 3 aliphatic rings. The van der Waals surface area contributed by atoms with Gasteiger partial charge in [0.2, 0.25) is 0 Å². The lowest BCUT2D eigenvalue weighted by molar-refractivity contribution is -0.0737. The van der Waals surface area contributed by atoms with Gasteiger partial charge in [-0.25, -0.2) is 9.87 Å². The van der Waals surface area contributed by atoms with Gasteiger partial charge in [0, 0.05) is 30.8 Å². The maximum absolute atomic E-state index is 14.5. The largest absolute Gasteiger partial charge is 0.389 e. The van der Waals surface area contributed by atoms with Crippen LogP contribution in [0.25, 0.3) is 0 Å². The van der Waals surface area contributed by atoms with Gasteiger partial charge in [-0.15, -0.1) is 0 Å². The maximum atomic E-state index is 14.5. The number of nitrogens with zero attached hydrogens (tertiary/aromatic N) is 1. The first-order valence-corrected chi connectivity index (χ1v) is 9.66. The van der Waals surface area contributed by atoms with Crippen LogP contribution in [0.15, 0.2) is 12.1 Å². The molecule has 0 spiro atoms. The minimum Gasteiger partial charge on any atom is -0.389 e. The molecule has 0 saturated heterocycles. The van der Waals surface area contributed by atoms with E-state index in [0.717, 1.165) is 24.9 Å². The SMILES string of the molecule is O=C(NO)c1cc(F)c2c(c1)CCN(CC1(O)CC3CCCC(C3)C1)C2. The molecule has 6 heteroatoms. The third kappa shape index (κ3) is 3.50. The van der Waals surface area contributed by atoms with E-state index in [-0.39, 0.29) is 5.56 Å². The molecule has 1 heterocycles.